The number of hydrogen-bond donors (Lipinski definition) is 0. The molecule has 2 aromatic heterocycles. The van der Waals surface area contributed by atoms with Gasteiger partial charge in [0, 0.05) is 50.0 Å². The van der Waals surface area contributed by atoms with E-state index in [9.17, 15) is 0 Å². The van der Waals surface area contributed by atoms with E-state index in [1.807, 2.05) is 24.7 Å². The van der Waals surface area contributed by atoms with E-state index in [0.29, 0.717) is 0 Å². The van der Waals surface area contributed by atoms with E-state index in [-0.39, 0.29) is 6.10 Å². The van der Waals surface area contributed by atoms with Crippen molar-refractivity contribution in [3.05, 3.63) is 48.5 Å². The number of fused-ring (bicyclic) bond motifs is 1. The first-order valence-electron chi connectivity index (χ1n) is 9.26. The minimum atomic E-state index is 0.235. The number of aromatic nitrogens is 4. The summed E-state index contributed by atoms with van der Waals surface area (Å²) < 4.78 is 13.3. The lowest BCUT2D eigenvalue weighted by Gasteiger charge is -2.26. The maximum Gasteiger partial charge on any atom is 0.225 e. The first-order valence-corrected chi connectivity index (χ1v) is 9.26. The molecule has 1 aromatic carbocycles. The Hall–Kier alpha value is -2.93. The van der Waals surface area contributed by atoms with E-state index in [1.165, 1.54) is 5.56 Å². The van der Waals surface area contributed by atoms with Gasteiger partial charge in [0.05, 0.1) is 18.8 Å². The molecule has 7 heteroatoms. The van der Waals surface area contributed by atoms with Crippen molar-refractivity contribution in [3.8, 4) is 22.8 Å². The average molecular weight is 363 g/mol. The van der Waals surface area contributed by atoms with Crippen molar-refractivity contribution in [2.75, 3.05) is 31.2 Å². The Labute approximate surface area is 157 Å². The fourth-order valence-electron chi connectivity index (χ4n) is 3.65. The fraction of sp³-hybridized carbons (Fsp3) is 0.350. The molecule has 138 valence electrons. The van der Waals surface area contributed by atoms with Crippen molar-refractivity contribution in [2.24, 2.45) is 0 Å². The van der Waals surface area contributed by atoms with Crippen LogP contribution >= 0.6 is 0 Å². The monoisotopic (exact) mass is 363 g/mol. The van der Waals surface area contributed by atoms with Gasteiger partial charge in [0.25, 0.3) is 0 Å². The van der Waals surface area contributed by atoms with E-state index in [0.717, 1.165) is 61.5 Å². The molecule has 0 bridgehead atoms. The molecule has 1 unspecified atom stereocenters. The second-order valence-electron chi connectivity index (χ2n) is 6.92. The van der Waals surface area contributed by atoms with Gasteiger partial charge in [-0.25, -0.2) is 15.0 Å². The first-order chi connectivity index (χ1) is 13.3. The molecule has 3 aromatic rings. The Balaban J connectivity index is 1.44. The molecule has 7 nitrogen and oxygen atoms in total. The number of morpholine rings is 1. The number of ether oxygens (including phenoxy) is 2. The highest BCUT2D eigenvalue weighted by molar-refractivity contribution is 5.58. The van der Waals surface area contributed by atoms with Gasteiger partial charge in [0.2, 0.25) is 5.95 Å². The Morgan fingerprint density at radius 2 is 1.89 bits per heavy atom. The largest absolute Gasteiger partial charge is 0.490 e. The summed E-state index contributed by atoms with van der Waals surface area (Å²) in [6, 6.07) is 6.27. The highest BCUT2D eigenvalue weighted by Crippen LogP contribution is 2.31. The van der Waals surface area contributed by atoms with Crippen molar-refractivity contribution in [1.82, 2.24) is 19.5 Å². The summed E-state index contributed by atoms with van der Waals surface area (Å²) in [4.78, 5) is 15.8. The third-order valence-electron chi connectivity index (χ3n) is 4.99. The number of benzene rings is 1. The van der Waals surface area contributed by atoms with Crippen molar-refractivity contribution in [3.63, 3.8) is 0 Å². The molecule has 5 rings (SSSR count). The summed E-state index contributed by atoms with van der Waals surface area (Å²) in [5, 5.41) is 0. The SMILES string of the molecule is CC1Cc2cc(-n3ccnc3-c3cnc(N4CCOCC4)nc3)ccc2O1. The maximum atomic E-state index is 5.81. The van der Waals surface area contributed by atoms with Crippen LogP contribution in [0.2, 0.25) is 0 Å². The molecule has 0 amide bonds. The summed E-state index contributed by atoms with van der Waals surface area (Å²) in [5.41, 5.74) is 3.19. The zero-order chi connectivity index (χ0) is 18.2. The van der Waals surface area contributed by atoms with Crippen molar-refractivity contribution < 1.29 is 9.47 Å². The fourth-order valence-corrected chi connectivity index (χ4v) is 3.65. The van der Waals surface area contributed by atoms with Crippen LogP contribution in [0.4, 0.5) is 5.95 Å². The number of rotatable bonds is 3. The minimum absolute atomic E-state index is 0.235. The first kappa shape index (κ1) is 16.3. The van der Waals surface area contributed by atoms with Gasteiger partial charge in [-0.2, -0.15) is 0 Å². The van der Waals surface area contributed by atoms with E-state index in [1.54, 1.807) is 6.20 Å². The van der Waals surface area contributed by atoms with Crippen molar-refractivity contribution in [1.29, 1.82) is 0 Å². The van der Waals surface area contributed by atoms with Crippen LogP contribution in [0, 0.1) is 0 Å². The Morgan fingerprint density at radius 3 is 2.70 bits per heavy atom. The lowest BCUT2D eigenvalue weighted by atomic mass is 10.1. The average Bonchev–Trinajstić information content (AvgIpc) is 3.34. The van der Waals surface area contributed by atoms with Crippen LogP contribution < -0.4 is 9.64 Å². The smallest absolute Gasteiger partial charge is 0.225 e. The molecule has 0 N–H and O–H groups in total. The summed E-state index contributed by atoms with van der Waals surface area (Å²) in [6.45, 7) is 5.18. The quantitative estimate of drug-likeness (QED) is 0.712. The molecule has 4 heterocycles. The standard InChI is InChI=1S/C20H21N5O2/c1-14-10-15-11-17(2-3-18(15)27-14)25-5-4-21-19(25)16-12-22-20(23-13-16)24-6-8-26-9-7-24/h2-5,11-14H,6-10H2,1H3. The maximum absolute atomic E-state index is 5.81. The van der Waals surface area contributed by atoms with Crippen LogP contribution in [-0.2, 0) is 11.2 Å². The normalized spacial score (nSPS) is 19.0. The molecule has 2 aliphatic rings. The van der Waals surface area contributed by atoms with E-state index >= 15 is 0 Å². The predicted octanol–water partition coefficient (Wildman–Crippen LogP) is 2.49. The number of hydrogen-bond acceptors (Lipinski definition) is 6. The predicted molar refractivity (Wildman–Crippen MR) is 101 cm³/mol. The van der Waals surface area contributed by atoms with E-state index in [2.05, 4.69) is 43.5 Å². The number of imidazole rings is 1. The zero-order valence-electron chi connectivity index (χ0n) is 15.2. The van der Waals surface area contributed by atoms with Gasteiger partial charge in [-0.3, -0.25) is 4.57 Å². The van der Waals surface area contributed by atoms with Crippen molar-refractivity contribution in [2.45, 2.75) is 19.4 Å². The van der Waals surface area contributed by atoms with Gasteiger partial charge in [-0.1, -0.05) is 0 Å². The van der Waals surface area contributed by atoms with Crippen LogP contribution in [0.25, 0.3) is 17.1 Å². The molecule has 1 atom stereocenters. The molecular formula is C20H21N5O2. The minimum Gasteiger partial charge on any atom is -0.490 e. The number of nitrogens with zero attached hydrogens (tertiary/aromatic N) is 5. The van der Waals surface area contributed by atoms with Gasteiger partial charge in [0.15, 0.2) is 0 Å². The van der Waals surface area contributed by atoms with Crippen LogP contribution in [0.3, 0.4) is 0 Å². The molecule has 27 heavy (non-hydrogen) atoms. The molecule has 0 saturated carbocycles. The molecule has 0 radical (unpaired) electrons. The van der Waals surface area contributed by atoms with Crippen molar-refractivity contribution >= 4 is 5.95 Å². The summed E-state index contributed by atoms with van der Waals surface area (Å²) in [6.07, 6.45) is 8.62. The van der Waals surface area contributed by atoms with Gasteiger partial charge in [0.1, 0.15) is 17.7 Å². The lowest BCUT2D eigenvalue weighted by Crippen LogP contribution is -2.37. The van der Waals surface area contributed by atoms with Gasteiger partial charge < -0.3 is 14.4 Å². The van der Waals surface area contributed by atoms with Crippen LogP contribution in [0.15, 0.2) is 43.0 Å². The second-order valence-corrected chi connectivity index (χ2v) is 6.92. The van der Waals surface area contributed by atoms with Crippen LogP contribution in [0.5, 0.6) is 5.75 Å². The van der Waals surface area contributed by atoms with E-state index in [4.69, 9.17) is 9.47 Å². The van der Waals surface area contributed by atoms with Crippen LogP contribution in [0.1, 0.15) is 12.5 Å². The molecule has 1 fully saturated rings. The van der Waals surface area contributed by atoms with Crippen LogP contribution in [-0.4, -0.2) is 51.9 Å². The third-order valence-corrected chi connectivity index (χ3v) is 4.99. The second kappa shape index (κ2) is 6.66. The highest BCUT2D eigenvalue weighted by atomic mass is 16.5. The molecule has 2 aliphatic heterocycles. The highest BCUT2D eigenvalue weighted by Gasteiger charge is 2.20. The van der Waals surface area contributed by atoms with Gasteiger partial charge in [-0.15, -0.1) is 0 Å². The number of anilines is 1. The topological polar surface area (TPSA) is 65.3 Å². The lowest BCUT2D eigenvalue weighted by molar-refractivity contribution is 0.122. The Morgan fingerprint density at radius 1 is 1.07 bits per heavy atom. The van der Waals surface area contributed by atoms with E-state index < -0.39 is 0 Å². The summed E-state index contributed by atoms with van der Waals surface area (Å²) >= 11 is 0. The summed E-state index contributed by atoms with van der Waals surface area (Å²) in [7, 11) is 0. The zero-order valence-corrected chi connectivity index (χ0v) is 15.2. The molecule has 0 spiro atoms. The Bertz CT molecular complexity index is 947. The summed E-state index contributed by atoms with van der Waals surface area (Å²) in [5.74, 6) is 2.55. The molecule has 0 aliphatic carbocycles. The Kier molecular flexibility index (Phi) is 4.01. The molecular weight excluding hydrogens is 342 g/mol. The van der Waals surface area contributed by atoms with Gasteiger partial charge >= 0.3 is 0 Å². The van der Waals surface area contributed by atoms with Gasteiger partial charge in [-0.05, 0) is 30.7 Å². The third kappa shape index (κ3) is 3.04. The molecule has 1 saturated heterocycles.